The molecule has 0 aliphatic carbocycles. The molecule has 1 aromatic carbocycles. The van der Waals surface area contributed by atoms with Crippen molar-refractivity contribution in [2.45, 2.75) is 80.2 Å². The maximum atomic E-state index is 13.6. The third-order valence-corrected chi connectivity index (χ3v) is 7.39. The van der Waals surface area contributed by atoms with Crippen LogP contribution in [0, 0.1) is 39.0 Å². The van der Waals surface area contributed by atoms with Crippen molar-refractivity contribution in [1.29, 1.82) is 0 Å². The summed E-state index contributed by atoms with van der Waals surface area (Å²) < 4.78 is 8.09. The molecule has 0 spiro atoms. The molecule has 35 heavy (non-hydrogen) atoms. The third kappa shape index (κ3) is 6.89. The number of rotatable bonds is 10. The van der Waals surface area contributed by atoms with Crippen molar-refractivity contribution in [1.82, 2.24) is 20.6 Å². The number of hydrogen-bond donors (Lipinski definition) is 4. The van der Waals surface area contributed by atoms with Crippen molar-refractivity contribution in [2.24, 2.45) is 11.3 Å². The quantitative estimate of drug-likeness (QED) is 0.385. The Morgan fingerprint density at radius 2 is 1.80 bits per heavy atom. The molecule has 0 saturated carbocycles. The molecule has 0 saturated heterocycles. The molecule has 1 unspecified atom stereocenters. The summed E-state index contributed by atoms with van der Waals surface area (Å²) in [4.78, 5) is 35.0. The lowest BCUT2D eigenvalue weighted by atomic mass is 9.59. The molecule has 8 nitrogen and oxygen atoms in total. The van der Waals surface area contributed by atoms with Crippen LogP contribution in [0.3, 0.4) is 0 Å². The molecule has 9 heteroatoms. The lowest BCUT2D eigenvalue weighted by molar-refractivity contribution is -0.124. The lowest BCUT2D eigenvalue weighted by Gasteiger charge is -2.39. The molecule has 0 bridgehead atoms. The first-order valence-corrected chi connectivity index (χ1v) is 12.0. The van der Waals surface area contributed by atoms with Crippen molar-refractivity contribution in [3.05, 3.63) is 58.1 Å². The average Bonchev–Trinajstić information content (AvgIpc) is 2.80. The molecule has 0 aliphatic heterocycles. The summed E-state index contributed by atoms with van der Waals surface area (Å²) >= 11 is 0. The maximum absolute atomic E-state index is 13.6. The molecule has 0 aliphatic rings. The number of benzene rings is 1. The molecular formula is C26H39BN4O4. The molecular weight excluding hydrogens is 443 g/mol. The standard InChI is InChI=1S/C26H39BN4O4/c1-9-16(3)26(7,8)25(27(34)35)31-23(32)21(13-20-12-10-11-15(2)17(20)4)30-24(33)22-14-28-18(5)19(6)29-22/h10-12,14,16,21,25,34-35H,9,13H2,1-8H3,(H,30,33)(H,31,32)/t16?,21-,25-/m0/s1/i14D. The average molecular weight is 483 g/mol. The molecule has 4 N–H and O–H groups in total. The van der Waals surface area contributed by atoms with E-state index in [1.165, 1.54) is 0 Å². The monoisotopic (exact) mass is 483 g/mol. The molecule has 2 aromatic rings. The van der Waals surface area contributed by atoms with Gasteiger partial charge in [-0.2, -0.15) is 0 Å². The zero-order valence-electron chi connectivity index (χ0n) is 23.1. The van der Waals surface area contributed by atoms with E-state index in [1.54, 1.807) is 13.8 Å². The number of amides is 2. The van der Waals surface area contributed by atoms with E-state index in [0.717, 1.165) is 23.1 Å². The number of carbonyl (C=O) groups excluding carboxylic acids is 2. The van der Waals surface area contributed by atoms with Crippen LogP contribution in [0.1, 0.15) is 74.1 Å². The highest BCUT2D eigenvalue weighted by Crippen LogP contribution is 2.33. The van der Waals surface area contributed by atoms with E-state index in [9.17, 15) is 19.6 Å². The SMILES string of the molecule is [2H]c1nc(C)c(C)nc1C(=O)N[C@@H](Cc1cccc(C)c1C)C(=O)N[C@H](B(O)O)C(C)(C)C(C)CC. The molecule has 2 rings (SSSR count). The Kier molecular flexibility index (Phi) is 9.02. The number of nitrogens with zero attached hydrogens (tertiary/aromatic N) is 2. The Hall–Kier alpha value is -2.78. The molecule has 0 fully saturated rings. The smallest absolute Gasteiger partial charge is 0.426 e. The van der Waals surface area contributed by atoms with Crippen LogP contribution in [0.15, 0.2) is 24.4 Å². The lowest BCUT2D eigenvalue weighted by Crippen LogP contribution is -2.60. The topological polar surface area (TPSA) is 124 Å². The van der Waals surface area contributed by atoms with Gasteiger partial charge in [0.15, 0.2) is 0 Å². The van der Waals surface area contributed by atoms with Crippen molar-refractivity contribution in [2.75, 3.05) is 0 Å². The second-order valence-electron chi connectivity index (χ2n) is 9.97. The second kappa shape index (κ2) is 11.8. The summed E-state index contributed by atoms with van der Waals surface area (Å²) in [6, 6.07) is 4.70. The van der Waals surface area contributed by atoms with Gasteiger partial charge in [0.05, 0.1) is 24.9 Å². The summed E-state index contributed by atoms with van der Waals surface area (Å²) in [6.45, 7) is 15.1. The first kappa shape index (κ1) is 26.8. The first-order valence-electron chi connectivity index (χ1n) is 12.5. The fraction of sp³-hybridized carbons (Fsp3) is 0.538. The largest absolute Gasteiger partial charge is 0.476 e. The summed E-state index contributed by atoms with van der Waals surface area (Å²) in [6.07, 6.45) is 0.685. The van der Waals surface area contributed by atoms with Gasteiger partial charge >= 0.3 is 7.12 Å². The van der Waals surface area contributed by atoms with Gasteiger partial charge in [0.1, 0.15) is 11.7 Å². The molecule has 0 radical (unpaired) electrons. The van der Waals surface area contributed by atoms with E-state index >= 15 is 0 Å². The van der Waals surface area contributed by atoms with Crippen LogP contribution in [0.2, 0.25) is 0 Å². The van der Waals surface area contributed by atoms with Gasteiger partial charge in [-0.05, 0) is 55.7 Å². The number of nitrogens with one attached hydrogen (secondary N) is 2. The van der Waals surface area contributed by atoms with E-state index in [0.29, 0.717) is 11.4 Å². The molecule has 1 aromatic heterocycles. The van der Waals surface area contributed by atoms with Gasteiger partial charge in [0.2, 0.25) is 5.91 Å². The van der Waals surface area contributed by atoms with E-state index in [2.05, 4.69) is 20.6 Å². The minimum atomic E-state index is -1.79. The van der Waals surface area contributed by atoms with Gasteiger partial charge in [-0.1, -0.05) is 52.3 Å². The van der Waals surface area contributed by atoms with Gasteiger partial charge in [-0.15, -0.1) is 0 Å². The van der Waals surface area contributed by atoms with Crippen LogP contribution in [-0.2, 0) is 11.2 Å². The summed E-state index contributed by atoms with van der Waals surface area (Å²) in [5.74, 6) is -2.13. The van der Waals surface area contributed by atoms with Crippen molar-refractivity contribution >= 4 is 18.9 Å². The van der Waals surface area contributed by atoms with Crippen LogP contribution in [-0.4, -0.2) is 50.9 Å². The van der Waals surface area contributed by atoms with Crippen LogP contribution in [0.25, 0.3) is 0 Å². The highest BCUT2D eigenvalue weighted by Gasteiger charge is 2.43. The first-order chi connectivity index (χ1) is 16.7. The maximum Gasteiger partial charge on any atom is 0.476 e. The Balaban J connectivity index is 2.43. The fourth-order valence-corrected chi connectivity index (χ4v) is 4.01. The van der Waals surface area contributed by atoms with Crippen LogP contribution < -0.4 is 10.6 Å². The minimum absolute atomic E-state index is 0.0772. The second-order valence-corrected chi connectivity index (χ2v) is 9.97. The Morgan fingerprint density at radius 1 is 1.14 bits per heavy atom. The van der Waals surface area contributed by atoms with Crippen LogP contribution >= 0.6 is 0 Å². The van der Waals surface area contributed by atoms with Gasteiger partial charge in [0, 0.05) is 6.42 Å². The van der Waals surface area contributed by atoms with Crippen molar-refractivity contribution in [3.8, 4) is 0 Å². The minimum Gasteiger partial charge on any atom is -0.426 e. The Labute approximate surface area is 210 Å². The zero-order valence-corrected chi connectivity index (χ0v) is 22.1. The summed E-state index contributed by atoms with van der Waals surface area (Å²) in [5, 5.41) is 25.8. The summed E-state index contributed by atoms with van der Waals surface area (Å²) in [7, 11) is -1.79. The summed E-state index contributed by atoms with van der Waals surface area (Å²) in [5.41, 5.74) is 3.17. The highest BCUT2D eigenvalue weighted by atomic mass is 16.4. The predicted molar refractivity (Wildman–Crippen MR) is 138 cm³/mol. The number of hydrogen-bond acceptors (Lipinski definition) is 6. The van der Waals surface area contributed by atoms with E-state index in [4.69, 9.17) is 1.37 Å². The third-order valence-electron chi connectivity index (χ3n) is 7.39. The van der Waals surface area contributed by atoms with Gasteiger partial charge in [-0.3, -0.25) is 14.6 Å². The van der Waals surface area contributed by atoms with Gasteiger partial charge < -0.3 is 20.7 Å². The van der Waals surface area contributed by atoms with Crippen molar-refractivity contribution in [3.63, 3.8) is 0 Å². The molecule has 1 heterocycles. The van der Waals surface area contributed by atoms with Gasteiger partial charge in [0.25, 0.3) is 5.91 Å². The number of carbonyl (C=O) groups is 2. The molecule has 190 valence electrons. The molecule has 2 amide bonds. The van der Waals surface area contributed by atoms with Crippen LogP contribution in [0.5, 0.6) is 0 Å². The predicted octanol–water partition coefficient (Wildman–Crippen LogP) is 2.62. The van der Waals surface area contributed by atoms with Crippen LogP contribution in [0.4, 0.5) is 0 Å². The van der Waals surface area contributed by atoms with E-state index in [-0.39, 0.29) is 24.2 Å². The Morgan fingerprint density at radius 3 is 2.40 bits per heavy atom. The van der Waals surface area contributed by atoms with E-state index in [1.807, 2.05) is 59.7 Å². The number of aromatic nitrogens is 2. The van der Waals surface area contributed by atoms with Gasteiger partial charge in [-0.25, -0.2) is 4.98 Å². The van der Waals surface area contributed by atoms with Crippen molar-refractivity contribution < 1.29 is 21.0 Å². The highest BCUT2D eigenvalue weighted by molar-refractivity contribution is 6.44. The zero-order chi connectivity index (χ0) is 27.4. The molecule has 3 atom stereocenters. The number of aryl methyl sites for hydroxylation is 3. The normalized spacial score (nSPS) is 14.5. The van der Waals surface area contributed by atoms with E-state index < -0.39 is 36.3 Å². The fourth-order valence-electron chi connectivity index (χ4n) is 4.01. The Bertz CT molecular complexity index is 1110.